The summed E-state index contributed by atoms with van der Waals surface area (Å²) in [5.41, 5.74) is 4.93. The van der Waals surface area contributed by atoms with Gasteiger partial charge in [0.25, 0.3) is 5.91 Å². The predicted octanol–water partition coefficient (Wildman–Crippen LogP) is 6.01. The van der Waals surface area contributed by atoms with E-state index in [1.807, 2.05) is 87.5 Å². The van der Waals surface area contributed by atoms with Crippen LogP contribution in [0, 0.1) is 5.92 Å². The molecule has 2 aliphatic rings. The molecule has 2 aliphatic heterocycles. The van der Waals surface area contributed by atoms with Crippen LogP contribution in [0.1, 0.15) is 89.0 Å². The third-order valence-electron chi connectivity index (χ3n) is 9.18. The minimum atomic E-state index is -0.875. The van der Waals surface area contributed by atoms with Crippen molar-refractivity contribution in [3.05, 3.63) is 95.1 Å². The maximum Gasteiger partial charge on any atom is 0.323 e. The lowest BCUT2D eigenvalue weighted by Gasteiger charge is -2.43. The highest BCUT2D eigenvalue weighted by atomic mass is 16.7. The summed E-state index contributed by atoms with van der Waals surface area (Å²) in [6.45, 7) is 12.2. The van der Waals surface area contributed by atoms with Crippen LogP contribution in [0.2, 0.25) is 0 Å². The van der Waals surface area contributed by atoms with Crippen LogP contribution in [-0.4, -0.2) is 64.8 Å². The topological polar surface area (TPSA) is 124 Å². The highest BCUT2D eigenvalue weighted by molar-refractivity contribution is 5.83. The van der Waals surface area contributed by atoms with Crippen LogP contribution >= 0.6 is 0 Å². The molecule has 2 heterocycles. The zero-order chi connectivity index (χ0) is 36.0. The number of carbonyl (C=O) groups is 3. The molecule has 0 saturated carbocycles. The van der Waals surface area contributed by atoms with Crippen molar-refractivity contribution in [3.8, 4) is 11.1 Å². The number of carbonyl (C=O) groups excluding carboxylic acids is 3. The van der Waals surface area contributed by atoms with Gasteiger partial charge in [0.1, 0.15) is 11.6 Å². The van der Waals surface area contributed by atoms with Crippen molar-refractivity contribution in [2.24, 2.45) is 5.92 Å². The molecule has 0 aromatic heterocycles. The molecule has 0 unspecified atom stereocenters. The molecule has 50 heavy (non-hydrogen) atoms. The van der Waals surface area contributed by atoms with Crippen LogP contribution in [0.5, 0.6) is 0 Å². The Hall–Kier alpha value is -4.09. The number of hydrogen-bond acceptors (Lipinski definition) is 9. The molecule has 10 heteroatoms. The number of esters is 2. The zero-order valence-electron chi connectivity index (χ0n) is 29.9. The number of rotatable bonds is 11. The number of ether oxygens (including phenoxy) is 4. The second kappa shape index (κ2) is 16.3. The molecule has 0 aliphatic carbocycles. The van der Waals surface area contributed by atoms with Crippen LogP contribution in [0.15, 0.2) is 72.8 Å². The van der Waals surface area contributed by atoms with Crippen molar-refractivity contribution in [2.75, 3.05) is 13.1 Å². The Morgan fingerprint density at radius 1 is 0.960 bits per heavy atom. The van der Waals surface area contributed by atoms with E-state index in [4.69, 9.17) is 18.9 Å². The van der Waals surface area contributed by atoms with Gasteiger partial charge in [-0.3, -0.25) is 19.3 Å². The second-order valence-corrected chi connectivity index (χ2v) is 14.3. The maximum absolute atomic E-state index is 13.2. The third-order valence-corrected chi connectivity index (χ3v) is 9.18. The van der Waals surface area contributed by atoms with Crippen LogP contribution in [-0.2, 0) is 46.5 Å². The largest absolute Gasteiger partial charge is 0.459 e. The fourth-order valence-corrected chi connectivity index (χ4v) is 6.60. The number of nitrogens with one attached hydrogen (secondary N) is 1. The third kappa shape index (κ3) is 9.57. The van der Waals surface area contributed by atoms with Crippen molar-refractivity contribution in [2.45, 2.75) is 104 Å². The Morgan fingerprint density at radius 3 is 2.34 bits per heavy atom. The van der Waals surface area contributed by atoms with E-state index in [0.29, 0.717) is 6.54 Å². The summed E-state index contributed by atoms with van der Waals surface area (Å²) in [6.07, 6.45) is -0.431. The first-order valence-electron chi connectivity index (χ1n) is 17.4. The molecule has 3 aromatic rings. The summed E-state index contributed by atoms with van der Waals surface area (Å²) in [7, 11) is 0. The molecule has 1 amide bonds. The summed E-state index contributed by atoms with van der Waals surface area (Å²) in [6, 6.07) is 23.4. The molecule has 0 radical (unpaired) electrons. The van der Waals surface area contributed by atoms with E-state index >= 15 is 0 Å². The summed E-state index contributed by atoms with van der Waals surface area (Å²) in [5, 5.41) is 12.5. The van der Waals surface area contributed by atoms with Crippen LogP contribution in [0.4, 0.5) is 0 Å². The fourth-order valence-electron chi connectivity index (χ4n) is 6.60. The Bertz CT molecular complexity index is 1630. The van der Waals surface area contributed by atoms with Gasteiger partial charge in [-0.15, -0.1) is 0 Å². The smallest absolute Gasteiger partial charge is 0.323 e. The normalized spacial score (nSPS) is 23.2. The van der Waals surface area contributed by atoms with Gasteiger partial charge in [-0.1, -0.05) is 67.6 Å². The van der Waals surface area contributed by atoms with Gasteiger partial charge in [-0.2, -0.15) is 0 Å². The first kappa shape index (κ1) is 37.2. The fraction of sp³-hybridized carbons (Fsp3) is 0.475. The van der Waals surface area contributed by atoms with E-state index in [0.717, 1.165) is 52.8 Å². The molecule has 3 aromatic carbocycles. The summed E-state index contributed by atoms with van der Waals surface area (Å²) in [5.74, 6) is -1.11. The van der Waals surface area contributed by atoms with Crippen molar-refractivity contribution in [3.63, 3.8) is 0 Å². The number of aliphatic hydroxyl groups excluding tert-OH is 1. The number of amides is 1. The summed E-state index contributed by atoms with van der Waals surface area (Å²) in [4.78, 5) is 39.0. The van der Waals surface area contributed by atoms with E-state index in [1.54, 1.807) is 6.92 Å². The highest BCUT2D eigenvalue weighted by Gasteiger charge is 2.42. The second-order valence-electron chi connectivity index (χ2n) is 14.3. The van der Waals surface area contributed by atoms with Gasteiger partial charge in [0, 0.05) is 31.5 Å². The first-order valence-corrected chi connectivity index (χ1v) is 17.4. The number of nitrogens with zero attached hydrogens (tertiary/aromatic N) is 1. The Balaban J connectivity index is 1.37. The standard InChI is InChI=1S/C40H50N2O8/c1-25-35(23-42-19-9-14-34(42)38(46)50-40(4,5)6)48-39(49-36(25)30-17-15-28(24-43)16-18-30)33-13-8-12-32(21-33)31-11-7-10-29(20-31)22-41-37(45)26(2)47-27(3)44/h7-8,10-13,15-18,20-21,25-26,34-36,39,43H,9,14,19,22-24H2,1-6H3,(H,41,45)/t25-,26+,34+,35+,36+,39+/m1/s1. The summed E-state index contributed by atoms with van der Waals surface area (Å²) >= 11 is 0. The Morgan fingerprint density at radius 2 is 1.66 bits per heavy atom. The van der Waals surface area contributed by atoms with Crippen molar-refractivity contribution in [1.29, 1.82) is 0 Å². The lowest BCUT2D eigenvalue weighted by atomic mass is 9.89. The quantitative estimate of drug-likeness (QED) is 0.234. The molecule has 2 fully saturated rings. The summed E-state index contributed by atoms with van der Waals surface area (Å²) < 4.78 is 24.3. The minimum absolute atomic E-state index is 0.0372. The van der Waals surface area contributed by atoms with Crippen LogP contribution < -0.4 is 5.32 Å². The van der Waals surface area contributed by atoms with Gasteiger partial charge in [-0.25, -0.2) is 0 Å². The molecule has 10 nitrogen and oxygen atoms in total. The Kier molecular flexibility index (Phi) is 12.1. The average molecular weight is 687 g/mol. The van der Waals surface area contributed by atoms with Gasteiger partial charge in [0.05, 0.1) is 18.8 Å². The number of benzene rings is 3. The van der Waals surface area contributed by atoms with Gasteiger partial charge >= 0.3 is 11.9 Å². The molecule has 6 atom stereocenters. The zero-order valence-corrected chi connectivity index (χ0v) is 29.9. The monoisotopic (exact) mass is 686 g/mol. The average Bonchev–Trinajstić information content (AvgIpc) is 3.56. The molecule has 0 bridgehead atoms. The van der Waals surface area contributed by atoms with Crippen molar-refractivity contribution < 1.29 is 38.4 Å². The van der Waals surface area contributed by atoms with Crippen molar-refractivity contribution >= 4 is 17.8 Å². The van der Waals surface area contributed by atoms with Crippen molar-refractivity contribution in [1.82, 2.24) is 10.2 Å². The van der Waals surface area contributed by atoms with E-state index in [-0.39, 0.29) is 49.2 Å². The highest BCUT2D eigenvalue weighted by Crippen LogP contribution is 2.43. The minimum Gasteiger partial charge on any atom is -0.459 e. The van der Waals surface area contributed by atoms with Gasteiger partial charge in [0.15, 0.2) is 12.4 Å². The van der Waals surface area contributed by atoms with E-state index in [1.165, 1.54) is 6.92 Å². The lowest BCUT2D eigenvalue weighted by molar-refractivity contribution is -0.276. The SMILES string of the molecule is CC(=O)O[C@@H](C)C(=O)NCc1cccc(-c2cccc([C@H]3O[C@@H](CN4CCC[C@H]4C(=O)OC(C)(C)C)[C@@H](C)[C@@H](c4ccc(CO)cc4)O3)c2)c1. The van der Waals surface area contributed by atoms with Crippen LogP contribution in [0.3, 0.4) is 0 Å². The number of likely N-dealkylation sites (tertiary alicyclic amines) is 1. The molecule has 5 rings (SSSR count). The lowest BCUT2D eigenvalue weighted by Crippen LogP contribution is -2.48. The predicted molar refractivity (Wildman–Crippen MR) is 188 cm³/mol. The van der Waals surface area contributed by atoms with Crippen LogP contribution in [0.25, 0.3) is 11.1 Å². The molecular formula is C40H50N2O8. The molecule has 0 spiro atoms. The van der Waals surface area contributed by atoms with Gasteiger partial charge in [-0.05, 0) is 87.0 Å². The van der Waals surface area contributed by atoms with Gasteiger partial charge in [0.2, 0.25) is 0 Å². The number of hydrogen-bond donors (Lipinski definition) is 2. The Labute approximate surface area is 295 Å². The van der Waals surface area contributed by atoms with E-state index in [9.17, 15) is 19.5 Å². The molecule has 268 valence electrons. The maximum atomic E-state index is 13.2. The molecule has 2 N–H and O–H groups in total. The molecular weight excluding hydrogens is 636 g/mol. The van der Waals surface area contributed by atoms with E-state index < -0.39 is 24.0 Å². The van der Waals surface area contributed by atoms with E-state index in [2.05, 4.69) is 23.2 Å². The first-order chi connectivity index (χ1) is 23.8. The molecule has 2 saturated heterocycles. The number of aliphatic hydroxyl groups is 1. The van der Waals surface area contributed by atoms with Gasteiger partial charge < -0.3 is 29.4 Å².